The Morgan fingerprint density at radius 2 is 2.21 bits per heavy atom. The lowest BCUT2D eigenvalue weighted by Crippen LogP contribution is -2.45. The number of nitrogens with two attached hydrogens (primary N) is 1. The first kappa shape index (κ1) is 12.5. The number of hydrogen-bond acceptors (Lipinski definition) is 4. The zero-order valence-corrected chi connectivity index (χ0v) is 11.1. The van der Waals surface area contributed by atoms with Crippen molar-refractivity contribution in [2.75, 3.05) is 26.7 Å². The van der Waals surface area contributed by atoms with Crippen LogP contribution in [0.1, 0.15) is 11.6 Å². The minimum Gasteiger partial charge on any atom is -0.374 e. The number of nitrogens with zero attached hydrogens (tertiary/aromatic N) is 2. The number of aromatic nitrogens is 1. The summed E-state index contributed by atoms with van der Waals surface area (Å²) in [6, 6.07) is 8.07. The smallest absolute Gasteiger partial charge is 0.0895 e. The maximum absolute atomic E-state index is 6.41. The van der Waals surface area contributed by atoms with Crippen molar-refractivity contribution in [2.24, 2.45) is 5.73 Å². The van der Waals surface area contributed by atoms with Gasteiger partial charge in [0.15, 0.2) is 0 Å². The van der Waals surface area contributed by atoms with Gasteiger partial charge in [-0.25, -0.2) is 0 Å². The van der Waals surface area contributed by atoms with Crippen LogP contribution in [0, 0.1) is 0 Å². The quantitative estimate of drug-likeness (QED) is 0.887. The van der Waals surface area contributed by atoms with E-state index in [1.165, 1.54) is 5.39 Å². The summed E-state index contributed by atoms with van der Waals surface area (Å²) >= 11 is 0. The van der Waals surface area contributed by atoms with E-state index in [9.17, 15) is 0 Å². The largest absolute Gasteiger partial charge is 0.374 e. The van der Waals surface area contributed by atoms with Crippen molar-refractivity contribution in [3.8, 4) is 0 Å². The van der Waals surface area contributed by atoms with Crippen LogP contribution in [0.4, 0.5) is 0 Å². The van der Waals surface area contributed by atoms with Gasteiger partial charge in [-0.15, -0.1) is 0 Å². The van der Waals surface area contributed by atoms with Crippen molar-refractivity contribution in [3.63, 3.8) is 0 Å². The molecule has 4 heteroatoms. The third-order valence-corrected chi connectivity index (χ3v) is 3.76. The fourth-order valence-electron chi connectivity index (χ4n) is 2.63. The van der Waals surface area contributed by atoms with E-state index in [-0.39, 0.29) is 12.1 Å². The van der Waals surface area contributed by atoms with E-state index in [1.807, 2.05) is 24.5 Å². The van der Waals surface area contributed by atoms with Gasteiger partial charge in [0, 0.05) is 30.9 Å². The predicted octanol–water partition coefficient (Wildman–Crippen LogP) is 1.57. The van der Waals surface area contributed by atoms with Crippen molar-refractivity contribution < 1.29 is 4.74 Å². The summed E-state index contributed by atoms with van der Waals surface area (Å²) < 4.78 is 5.82. The maximum Gasteiger partial charge on any atom is 0.0895 e. The molecular formula is C15H19N3O. The summed E-state index contributed by atoms with van der Waals surface area (Å²) in [5.41, 5.74) is 7.47. The van der Waals surface area contributed by atoms with Crippen LogP contribution in [-0.2, 0) is 4.74 Å². The SMILES string of the molecule is CN1CCOC(C(N)c2cncc3ccccc23)C1. The molecule has 1 aliphatic heterocycles. The second kappa shape index (κ2) is 5.25. The Balaban J connectivity index is 1.95. The highest BCUT2D eigenvalue weighted by Gasteiger charge is 2.26. The molecular weight excluding hydrogens is 238 g/mol. The number of likely N-dealkylation sites (N-methyl/N-ethyl adjacent to an activating group) is 1. The zero-order valence-electron chi connectivity index (χ0n) is 11.1. The molecule has 1 aromatic heterocycles. The average Bonchev–Trinajstić information content (AvgIpc) is 2.46. The highest BCUT2D eigenvalue weighted by molar-refractivity contribution is 5.85. The molecule has 0 bridgehead atoms. The molecule has 0 aliphatic carbocycles. The Bertz CT molecular complexity index is 567. The molecule has 0 saturated carbocycles. The second-order valence-corrected chi connectivity index (χ2v) is 5.15. The third-order valence-electron chi connectivity index (χ3n) is 3.76. The predicted molar refractivity (Wildman–Crippen MR) is 75.9 cm³/mol. The van der Waals surface area contributed by atoms with Gasteiger partial charge in [-0.05, 0) is 18.0 Å². The lowest BCUT2D eigenvalue weighted by atomic mass is 9.97. The van der Waals surface area contributed by atoms with Gasteiger partial charge in [-0.3, -0.25) is 4.98 Å². The molecule has 2 aromatic rings. The van der Waals surface area contributed by atoms with Gasteiger partial charge in [-0.2, -0.15) is 0 Å². The molecule has 1 fully saturated rings. The molecule has 2 unspecified atom stereocenters. The summed E-state index contributed by atoms with van der Waals surface area (Å²) in [5.74, 6) is 0. The van der Waals surface area contributed by atoms with Gasteiger partial charge in [0.2, 0.25) is 0 Å². The zero-order chi connectivity index (χ0) is 13.2. The van der Waals surface area contributed by atoms with Crippen molar-refractivity contribution in [1.82, 2.24) is 9.88 Å². The fraction of sp³-hybridized carbons (Fsp3) is 0.400. The van der Waals surface area contributed by atoms with Crippen LogP contribution in [0.15, 0.2) is 36.7 Å². The van der Waals surface area contributed by atoms with Crippen LogP contribution in [-0.4, -0.2) is 42.7 Å². The number of fused-ring (bicyclic) bond motifs is 1. The van der Waals surface area contributed by atoms with Gasteiger partial charge in [-0.1, -0.05) is 24.3 Å². The van der Waals surface area contributed by atoms with Gasteiger partial charge in [0.25, 0.3) is 0 Å². The van der Waals surface area contributed by atoms with Crippen molar-refractivity contribution >= 4 is 10.8 Å². The highest BCUT2D eigenvalue weighted by Crippen LogP contribution is 2.26. The Morgan fingerprint density at radius 1 is 1.37 bits per heavy atom. The van der Waals surface area contributed by atoms with Crippen LogP contribution in [0.25, 0.3) is 10.8 Å². The molecule has 1 aliphatic rings. The fourth-order valence-corrected chi connectivity index (χ4v) is 2.63. The Hall–Kier alpha value is -1.49. The lowest BCUT2D eigenvalue weighted by molar-refractivity contribution is -0.0324. The second-order valence-electron chi connectivity index (χ2n) is 5.15. The van der Waals surface area contributed by atoms with Crippen LogP contribution >= 0.6 is 0 Å². The molecule has 1 saturated heterocycles. The van der Waals surface area contributed by atoms with Crippen molar-refractivity contribution in [1.29, 1.82) is 0 Å². The number of benzene rings is 1. The van der Waals surface area contributed by atoms with E-state index in [1.54, 1.807) is 0 Å². The monoisotopic (exact) mass is 257 g/mol. The summed E-state index contributed by atoms with van der Waals surface area (Å²) in [6.45, 7) is 2.58. The Labute approximate surface area is 113 Å². The van der Waals surface area contributed by atoms with Crippen LogP contribution < -0.4 is 5.73 Å². The minimum absolute atomic E-state index is 0.0337. The van der Waals surface area contributed by atoms with E-state index in [0.29, 0.717) is 0 Å². The first-order chi connectivity index (χ1) is 9.25. The van der Waals surface area contributed by atoms with E-state index >= 15 is 0 Å². The van der Waals surface area contributed by atoms with Gasteiger partial charge in [0.05, 0.1) is 18.8 Å². The van der Waals surface area contributed by atoms with Gasteiger partial charge in [0.1, 0.15) is 0 Å². The molecule has 3 rings (SSSR count). The van der Waals surface area contributed by atoms with E-state index in [4.69, 9.17) is 10.5 Å². The number of hydrogen-bond donors (Lipinski definition) is 1. The van der Waals surface area contributed by atoms with E-state index in [2.05, 4.69) is 29.1 Å². The summed E-state index contributed by atoms with van der Waals surface area (Å²) in [5, 5.41) is 2.29. The molecule has 0 spiro atoms. The molecule has 0 amide bonds. The Morgan fingerprint density at radius 3 is 3.05 bits per heavy atom. The van der Waals surface area contributed by atoms with E-state index < -0.39 is 0 Å². The van der Waals surface area contributed by atoms with E-state index in [0.717, 1.165) is 30.6 Å². The summed E-state index contributed by atoms with van der Waals surface area (Å²) in [6.07, 6.45) is 3.77. The molecule has 2 atom stereocenters. The molecule has 2 heterocycles. The minimum atomic E-state index is -0.138. The van der Waals surface area contributed by atoms with Gasteiger partial charge >= 0.3 is 0 Å². The normalized spacial score (nSPS) is 22.5. The lowest BCUT2D eigenvalue weighted by Gasteiger charge is -2.33. The summed E-state index contributed by atoms with van der Waals surface area (Å²) in [7, 11) is 2.10. The topological polar surface area (TPSA) is 51.4 Å². The molecule has 1 aromatic carbocycles. The molecule has 4 nitrogen and oxygen atoms in total. The van der Waals surface area contributed by atoms with Crippen LogP contribution in [0.3, 0.4) is 0 Å². The summed E-state index contributed by atoms with van der Waals surface area (Å²) in [4.78, 5) is 6.56. The third kappa shape index (κ3) is 2.47. The molecule has 100 valence electrons. The first-order valence-corrected chi connectivity index (χ1v) is 6.64. The average molecular weight is 257 g/mol. The maximum atomic E-state index is 6.41. The molecule has 19 heavy (non-hydrogen) atoms. The number of morpholine rings is 1. The molecule has 0 radical (unpaired) electrons. The van der Waals surface area contributed by atoms with Crippen molar-refractivity contribution in [3.05, 3.63) is 42.2 Å². The van der Waals surface area contributed by atoms with Crippen LogP contribution in [0.2, 0.25) is 0 Å². The molecule has 2 N–H and O–H groups in total. The van der Waals surface area contributed by atoms with Crippen LogP contribution in [0.5, 0.6) is 0 Å². The number of ether oxygens (including phenoxy) is 1. The standard InChI is InChI=1S/C15H19N3O/c1-18-6-7-19-14(10-18)15(16)13-9-17-8-11-4-2-3-5-12(11)13/h2-5,8-9,14-15H,6-7,10,16H2,1H3. The highest BCUT2D eigenvalue weighted by atomic mass is 16.5. The Kier molecular flexibility index (Phi) is 3.46. The first-order valence-electron chi connectivity index (χ1n) is 6.64. The van der Waals surface area contributed by atoms with Crippen molar-refractivity contribution in [2.45, 2.75) is 12.1 Å². The van der Waals surface area contributed by atoms with Gasteiger partial charge < -0.3 is 15.4 Å². The number of pyridine rings is 1. The number of rotatable bonds is 2.